The number of rotatable bonds is 4. The third-order valence-corrected chi connectivity index (χ3v) is 7.14. The highest BCUT2D eigenvalue weighted by Crippen LogP contribution is 2.48. The molecule has 0 amide bonds. The van der Waals surface area contributed by atoms with E-state index in [9.17, 15) is 12.8 Å². The average molecular weight is 377 g/mol. The van der Waals surface area contributed by atoms with Gasteiger partial charge in [0.1, 0.15) is 5.82 Å². The fourth-order valence-electron chi connectivity index (χ4n) is 3.67. The molecule has 2 aliphatic carbocycles. The minimum absolute atomic E-state index is 0.00967. The molecular weight excluding hydrogens is 359 g/mol. The van der Waals surface area contributed by atoms with Crippen LogP contribution in [-0.2, 0) is 10.0 Å². The molecule has 4 nitrogen and oxygen atoms in total. The fourth-order valence-corrected chi connectivity index (χ4v) is 5.81. The molecule has 0 aliphatic heterocycles. The van der Waals surface area contributed by atoms with Crippen LogP contribution in [0.2, 0.25) is 0 Å². The molecule has 3 atom stereocenters. The first kappa shape index (κ1) is 15.2. The van der Waals surface area contributed by atoms with Crippen LogP contribution in [0.5, 0.6) is 0 Å². The summed E-state index contributed by atoms with van der Waals surface area (Å²) in [6.45, 7) is 0.452. The molecule has 0 spiro atoms. The van der Waals surface area contributed by atoms with E-state index in [2.05, 4.69) is 20.7 Å². The highest BCUT2D eigenvalue weighted by Gasteiger charge is 2.39. The van der Waals surface area contributed by atoms with Gasteiger partial charge in [-0.05, 0) is 65.1 Å². The summed E-state index contributed by atoms with van der Waals surface area (Å²) >= 11 is 3.09. The molecule has 7 heteroatoms. The van der Waals surface area contributed by atoms with E-state index in [1.165, 1.54) is 19.3 Å². The van der Waals surface area contributed by atoms with E-state index in [0.29, 0.717) is 18.4 Å². The Morgan fingerprint density at radius 1 is 1.33 bits per heavy atom. The predicted octanol–water partition coefficient (Wildman–Crippen LogP) is 2.88. The zero-order valence-electron chi connectivity index (χ0n) is 11.5. The predicted molar refractivity (Wildman–Crippen MR) is 82.6 cm³/mol. The standard InChI is InChI=1S/C14H18BrFN2O2S/c15-11-5-12(16)13(17)6-14(11)21(19,20)18-7-10-4-8-1-2-9(10)3-8/h5-6,8-10,18H,1-4,7,17H2. The van der Waals surface area contributed by atoms with Gasteiger partial charge in [0.15, 0.2) is 0 Å². The lowest BCUT2D eigenvalue weighted by atomic mass is 9.89. The van der Waals surface area contributed by atoms with Gasteiger partial charge in [-0.15, -0.1) is 0 Å². The molecule has 1 aromatic carbocycles. The number of sulfonamides is 1. The van der Waals surface area contributed by atoms with Crippen LogP contribution >= 0.6 is 15.9 Å². The third kappa shape index (κ3) is 2.96. The Morgan fingerprint density at radius 3 is 2.71 bits per heavy atom. The number of hydrogen-bond acceptors (Lipinski definition) is 3. The Bertz CT molecular complexity index is 665. The van der Waals surface area contributed by atoms with E-state index >= 15 is 0 Å². The average Bonchev–Trinajstić information content (AvgIpc) is 3.03. The van der Waals surface area contributed by atoms with Gasteiger partial charge in [-0.1, -0.05) is 6.42 Å². The SMILES string of the molecule is Nc1cc(S(=O)(=O)NCC2CC3CCC2C3)c(Br)cc1F. The van der Waals surface area contributed by atoms with Crippen molar-refractivity contribution in [1.29, 1.82) is 0 Å². The molecule has 3 rings (SSSR count). The Morgan fingerprint density at radius 2 is 2.10 bits per heavy atom. The summed E-state index contributed by atoms with van der Waals surface area (Å²) in [5.74, 6) is 1.22. The first-order chi connectivity index (χ1) is 9.87. The molecule has 3 unspecified atom stereocenters. The van der Waals surface area contributed by atoms with Crippen molar-refractivity contribution in [2.75, 3.05) is 12.3 Å². The van der Waals surface area contributed by atoms with Gasteiger partial charge < -0.3 is 5.73 Å². The molecule has 116 valence electrons. The molecule has 0 saturated heterocycles. The Hall–Kier alpha value is -0.660. The molecule has 0 heterocycles. The minimum Gasteiger partial charge on any atom is -0.396 e. The monoisotopic (exact) mass is 376 g/mol. The fraction of sp³-hybridized carbons (Fsp3) is 0.571. The van der Waals surface area contributed by atoms with Gasteiger partial charge in [0, 0.05) is 11.0 Å². The summed E-state index contributed by atoms with van der Waals surface area (Å²) in [4.78, 5) is -0.00967. The van der Waals surface area contributed by atoms with Crippen LogP contribution in [0.3, 0.4) is 0 Å². The van der Waals surface area contributed by atoms with Crippen molar-refractivity contribution >= 4 is 31.6 Å². The van der Waals surface area contributed by atoms with E-state index in [1.54, 1.807) is 0 Å². The number of halogens is 2. The van der Waals surface area contributed by atoms with Gasteiger partial charge >= 0.3 is 0 Å². The summed E-state index contributed by atoms with van der Waals surface area (Å²) in [6.07, 6.45) is 4.84. The first-order valence-corrected chi connectivity index (χ1v) is 9.38. The quantitative estimate of drug-likeness (QED) is 0.793. The van der Waals surface area contributed by atoms with Crippen molar-refractivity contribution in [2.45, 2.75) is 30.6 Å². The van der Waals surface area contributed by atoms with Crippen LogP contribution in [-0.4, -0.2) is 15.0 Å². The van der Waals surface area contributed by atoms with E-state index in [4.69, 9.17) is 5.73 Å². The summed E-state index contributed by atoms with van der Waals surface area (Å²) in [5, 5.41) is 0. The van der Waals surface area contributed by atoms with Crippen LogP contribution in [0.4, 0.5) is 10.1 Å². The normalized spacial score (nSPS) is 28.2. The molecule has 2 aliphatic rings. The summed E-state index contributed by atoms with van der Waals surface area (Å²) in [6, 6.07) is 2.24. The molecule has 1 aromatic rings. The lowest BCUT2D eigenvalue weighted by molar-refractivity contribution is 0.333. The molecule has 21 heavy (non-hydrogen) atoms. The number of nitrogens with two attached hydrogens (primary N) is 1. The van der Waals surface area contributed by atoms with Crippen LogP contribution < -0.4 is 10.5 Å². The molecule has 2 bridgehead atoms. The Kier molecular flexibility index (Phi) is 4.00. The van der Waals surface area contributed by atoms with Crippen molar-refractivity contribution in [1.82, 2.24) is 4.72 Å². The summed E-state index contributed by atoms with van der Waals surface area (Å²) < 4.78 is 40.9. The summed E-state index contributed by atoms with van der Waals surface area (Å²) in [7, 11) is -3.68. The van der Waals surface area contributed by atoms with Crippen molar-refractivity contribution < 1.29 is 12.8 Å². The van der Waals surface area contributed by atoms with Crippen LogP contribution in [0, 0.1) is 23.6 Å². The van der Waals surface area contributed by atoms with Gasteiger partial charge in [-0.3, -0.25) is 0 Å². The lowest BCUT2D eigenvalue weighted by Gasteiger charge is -2.22. The van der Waals surface area contributed by atoms with E-state index < -0.39 is 15.8 Å². The zero-order chi connectivity index (χ0) is 15.2. The number of benzene rings is 1. The number of fused-ring (bicyclic) bond motifs is 2. The summed E-state index contributed by atoms with van der Waals surface area (Å²) in [5.41, 5.74) is 5.30. The highest BCUT2D eigenvalue weighted by atomic mass is 79.9. The molecule has 2 saturated carbocycles. The van der Waals surface area contributed by atoms with Gasteiger partial charge in [0.05, 0.1) is 10.6 Å². The number of nitrogens with one attached hydrogen (secondary N) is 1. The Labute approximate surface area is 132 Å². The first-order valence-electron chi connectivity index (χ1n) is 7.11. The maximum absolute atomic E-state index is 13.3. The smallest absolute Gasteiger partial charge is 0.241 e. The molecule has 0 radical (unpaired) electrons. The minimum atomic E-state index is -3.68. The van der Waals surface area contributed by atoms with Crippen LogP contribution in [0.25, 0.3) is 0 Å². The maximum atomic E-state index is 13.3. The Balaban J connectivity index is 1.74. The zero-order valence-corrected chi connectivity index (χ0v) is 13.9. The van der Waals surface area contributed by atoms with Crippen molar-refractivity contribution in [3.8, 4) is 0 Å². The molecular formula is C14H18BrFN2O2S. The highest BCUT2D eigenvalue weighted by molar-refractivity contribution is 9.10. The molecule has 0 aromatic heterocycles. The van der Waals surface area contributed by atoms with Crippen LogP contribution in [0.15, 0.2) is 21.5 Å². The topological polar surface area (TPSA) is 72.2 Å². The third-order valence-electron chi connectivity index (χ3n) is 4.76. The second-order valence-electron chi connectivity index (χ2n) is 6.09. The van der Waals surface area contributed by atoms with Crippen LogP contribution in [0.1, 0.15) is 25.7 Å². The number of anilines is 1. The van der Waals surface area contributed by atoms with Gasteiger partial charge in [-0.25, -0.2) is 17.5 Å². The maximum Gasteiger partial charge on any atom is 0.241 e. The lowest BCUT2D eigenvalue weighted by Crippen LogP contribution is -2.32. The second kappa shape index (κ2) is 5.52. The van der Waals surface area contributed by atoms with E-state index in [-0.39, 0.29) is 15.1 Å². The van der Waals surface area contributed by atoms with Crippen molar-refractivity contribution in [3.63, 3.8) is 0 Å². The van der Waals surface area contributed by atoms with E-state index in [0.717, 1.165) is 24.5 Å². The largest absolute Gasteiger partial charge is 0.396 e. The van der Waals surface area contributed by atoms with Crippen molar-refractivity contribution in [3.05, 3.63) is 22.4 Å². The van der Waals surface area contributed by atoms with Gasteiger partial charge in [0.25, 0.3) is 0 Å². The second-order valence-corrected chi connectivity index (χ2v) is 8.68. The van der Waals surface area contributed by atoms with Gasteiger partial charge in [-0.2, -0.15) is 0 Å². The van der Waals surface area contributed by atoms with E-state index in [1.807, 2.05) is 0 Å². The number of nitrogen functional groups attached to an aromatic ring is 1. The van der Waals surface area contributed by atoms with Gasteiger partial charge in [0.2, 0.25) is 10.0 Å². The molecule has 2 fully saturated rings. The number of hydrogen-bond donors (Lipinski definition) is 2. The van der Waals surface area contributed by atoms with Crippen molar-refractivity contribution in [2.24, 2.45) is 17.8 Å². The molecule has 3 N–H and O–H groups in total.